The third kappa shape index (κ3) is 2.12. The first-order valence-corrected chi connectivity index (χ1v) is 8.38. The number of nitrogens with two attached hydrogens (primary N) is 1. The topological polar surface area (TPSA) is 67.2 Å². The van der Waals surface area contributed by atoms with Crippen molar-refractivity contribution in [3.05, 3.63) is 35.4 Å². The zero-order valence-corrected chi connectivity index (χ0v) is 13.2. The Balaban J connectivity index is 1.69. The molecule has 0 heterocycles. The van der Waals surface area contributed by atoms with Crippen molar-refractivity contribution in [3.8, 4) is 0 Å². The largest absolute Gasteiger partial charge is 0.332 e. The van der Waals surface area contributed by atoms with Crippen LogP contribution in [0.5, 0.6) is 0 Å². The van der Waals surface area contributed by atoms with Gasteiger partial charge in [0, 0.05) is 5.54 Å². The van der Waals surface area contributed by atoms with Gasteiger partial charge in [-0.05, 0) is 68.3 Å². The third-order valence-corrected chi connectivity index (χ3v) is 6.23. The highest BCUT2D eigenvalue weighted by atomic mass is 16.2. The van der Waals surface area contributed by atoms with Gasteiger partial charge in [-0.3, -0.25) is 5.43 Å². The van der Waals surface area contributed by atoms with Gasteiger partial charge in [0.2, 0.25) is 0 Å². The van der Waals surface area contributed by atoms with Crippen molar-refractivity contribution in [2.24, 2.45) is 17.7 Å². The van der Waals surface area contributed by atoms with E-state index in [2.05, 4.69) is 41.9 Å². The molecule has 4 aliphatic rings. The highest BCUT2D eigenvalue weighted by Gasteiger charge is 2.58. The fraction of sp³-hybridized carbons (Fsp3) is 0.611. The Bertz CT molecular complexity index is 581. The van der Waals surface area contributed by atoms with Gasteiger partial charge in [0.1, 0.15) is 0 Å². The summed E-state index contributed by atoms with van der Waals surface area (Å²) >= 11 is 0. The van der Waals surface area contributed by atoms with E-state index in [4.69, 9.17) is 5.84 Å². The monoisotopic (exact) mass is 299 g/mol. The summed E-state index contributed by atoms with van der Waals surface area (Å²) in [6.45, 7) is 2.14. The van der Waals surface area contributed by atoms with Crippen LogP contribution in [0.2, 0.25) is 0 Å². The summed E-state index contributed by atoms with van der Waals surface area (Å²) in [5, 5.41) is 3.21. The second-order valence-electron chi connectivity index (χ2n) is 7.99. The van der Waals surface area contributed by atoms with Crippen molar-refractivity contribution in [1.29, 1.82) is 0 Å². The molecule has 2 unspecified atom stereocenters. The van der Waals surface area contributed by atoms with Crippen molar-refractivity contribution < 1.29 is 4.79 Å². The minimum atomic E-state index is -0.235. The summed E-state index contributed by atoms with van der Waals surface area (Å²) in [5.41, 5.74) is 5.22. The van der Waals surface area contributed by atoms with E-state index in [1.54, 1.807) is 0 Å². The van der Waals surface area contributed by atoms with Gasteiger partial charge in [0.05, 0.1) is 0 Å². The number of carbonyl (C=O) groups excluding carboxylic acids is 1. The fourth-order valence-corrected chi connectivity index (χ4v) is 5.93. The number of hydrogen-bond donors (Lipinski definition) is 3. The van der Waals surface area contributed by atoms with Gasteiger partial charge in [-0.2, -0.15) is 0 Å². The molecule has 4 saturated carbocycles. The van der Waals surface area contributed by atoms with Crippen LogP contribution in [0.15, 0.2) is 24.3 Å². The molecule has 1 aromatic carbocycles. The lowest BCUT2D eigenvalue weighted by molar-refractivity contribution is -0.0350. The number of aryl methyl sites for hydroxylation is 1. The Hall–Kier alpha value is -1.55. The smallest absolute Gasteiger partial charge is 0.329 e. The Labute approximate surface area is 131 Å². The summed E-state index contributed by atoms with van der Waals surface area (Å²) in [6.07, 6.45) is 7.18. The van der Waals surface area contributed by atoms with E-state index in [0.717, 1.165) is 31.1 Å². The predicted octanol–water partition coefficient (Wildman–Crippen LogP) is 2.76. The molecule has 4 nitrogen and oxygen atoms in total. The van der Waals surface area contributed by atoms with E-state index in [1.165, 1.54) is 30.4 Å². The lowest BCUT2D eigenvalue weighted by Crippen LogP contribution is -2.65. The summed E-state index contributed by atoms with van der Waals surface area (Å²) in [7, 11) is 0. The van der Waals surface area contributed by atoms with Crippen LogP contribution >= 0.6 is 0 Å². The van der Waals surface area contributed by atoms with Crippen LogP contribution < -0.4 is 16.6 Å². The van der Waals surface area contributed by atoms with E-state index < -0.39 is 0 Å². The zero-order valence-electron chi connectivity index (χ0n) is 13.2. The Kier molecular flexibility index (Phi) is 3.02. The number of amides is 2. The van der Waals surface area contributed by atoms with Crippen LogP contribution in [0, 0.1) is 18.8 Å². The van der Waals surface area contributed by atoms with Crippen molar-refractivity contribution in [2.75, 3.05) is 0 Å². The highest BCUT2D eigenvalue weighted by Crippen LogP contribution is 2.62. The van der Waals surface area contributed by atoms with Crippen molar-refractivity contribution in [1.82, 2.24) is 10.7 Å². The van der Waals surface area contributed by atoms with E-state index >= 15 is 0 Å². The molecule has 4 heteroatoms. The van der Waals surface area contributed by atoms with E-state index in [9.17, 15) is 4.79 Å². The van der Waals surface area contributed by atoms with Crippen LogP contribution in [-0.4, -0.2) is 11.6 Å². The van der Waals surface area contributed by atoms with Crippen molar-refractivity contribution >= 4 is 6.03 Å². The Morgan fingerprint density at radius 1 is 1.14 bits per heavy atom. The maximum absolute atomic E-state index is 11.8. The SMILES string of the molecule is Cc1ccc(C23C[C@@H]4C[C@@H](CC(NC(=O)NN)(C4)C2)C3)cc1. The van der Waals surface area contributed by atoms with Gasteiger partial charge < -0.3 is 5.32 Å². The molecule has 4 aliphatic carbocycles. The van der Waals surface area contributed by atoms with Crippen LogP contribution in [0.4, 0.5) is 4.79 Å². The molecule has 0 saturated heterocycles. The first-order chi connectivity index (χ1) is 10.5. The number of carbonyl (C=O) groups is 1. The second kappa shape index (κ2) is 4.72. The lowest BCUT2D eigenvalue weighted by atomic mass is 9.45. The highest BCUT2D eigenvalue weighted by molar-refractivity contribution is 5.74. The fourth-order valence-electron chi connectivity index (χ4n) is 5.93. The standard InChI is InChI=1S/C18H25N3O/c1-12-2-4-15(5-3-12)17-7-13-6-14(8-17)10-18(9-13,11-17)20-16(22)21-19/h2-5,13-14H,6-11,19H2,1H3,(H2,20,21,22)/t13-,14+,17?,18?. The quantitative estimate of drug-likeness (QED) is 0.446. The minimum Gasteiger partial charge on any atom is -0.332 e. The van der Waals surface area contributed by atoms with Gasteiger partial charge in [-0.15, -0.1) is 0 Å². The molecule has 0 aliphatic heterocycles. The number of benzene rings is 1. The molecule has 5 rings (SSSR count). The number of hydrogen-bond acceptors (Lipinski definition) is 2. The predicted molar refractivity (Wildman–Crippen MR) is 86.1 cm³/mol. The molecule has 0 spiro atoms. The van der Waals surface area contributed by atoms with Crippen LogP contribution in [-0.2, 0) is 5.41 Å². The van der Waals surface area contributed by atoms with Crippen molar-refractivity contribution in [2.45, 2.75) is 56.4 Å². The summed E-state index contributed by atoms with van der Waals surface area (Å²) in [6, 6.07) is 8.82. The average Bonchev–Trinajstić information content (AvgIpc) is 2.45. The molecule has 0 radical (unpaired) electrons. The van der Waals surface area contributed by atoms with Crippen LogP contribution in [0.3, 0.4) is 0 Å². The first kappa shape index (κ1) is 14.1. The Morgan fingerprint density at radius 3 is 2.36 bits per heavy atom. The molecule has 118 valence electrons. The molecule has 2 amide bonds. The lowest BCUT2D eigenvalue weighted by Gasteiger charge is -2.62. The maximum atomic E-state index is 11.8. The molecular weight excluding hydrogens is 274 g/mol. The Morgan fingerprint density at radius 2 is 1.77 bits per heavy atom. The van der Waals surface area contributed by atoms with Gasteiger partial charge in [-0.25, -0.2) is 10.6 Å². The number of urea groups is 1. The van der Waals surface area contributed by atoms with E-state index in [-0.39, 0.29) is 17.0 Å². The normalized spacial score (nSPS) is 38.8. The minimum absolute atomic E-state index is 0.0571. The molecule has 4 atom stereocenters. The molecule has 4 bridgehead atoms. The van der Waals surface area contributed by atoms with Gasteiger partial charge in [0.25, 0.3) is 0 Å². The second-order valence-corrected chi connectivity index (χ2v) is 7.99. The molecule has 4 fully saturated rings. The van der Waals surface area contributed by atoms with E-state index in [0.29, 0.717) is 0 Å². The van der Waals surface area contributed by atoms with Crippen LogP contribution in [0.1, 0.15) is 49.7 Å². The summed E-state index contributed by atoms with van der Waals surface area (Å²) in [5.74, 6) is 6.77. The number of hydrazine groups is 1. The van der Waals surface area contributed by atoms with Gasteiger partial charge in [-0.1, -0.05) is 29.8 Å². The number of nitrogens with one attached hydrogen (secondary N) is 2. The van der Waals surface area contributed by atoms with Gasteiger partial charge in [0.15, 0.2) is 0 Å². The molecule has 4 N–H and O–H groups in total. The maximum Gasteiger partial charge on any atom is 0.329 e. The van der Waals surface area contributed by atoms with Crippen LogP contribution in [0.25, 0.3) is 0 Å². The summed E-state index contributed by atoms with van der Waals surface area (Å²) in [4.78, 5) is 11.8. The molecule has 1 aromatic rings. The summed E-state index contributed by atoms with van der Waals surface area (Å²) < 4.78 is 0. The molecule has 22 heavy (non-hydrogen) atoms. The molecular formula is C18H25N3O. The zero-order chi connectivity index (χ0) is 15.4. The average molecular weight is 299 g/mol. The first-order valence-electron chi connectivity index (χ1n) is 8.38. The van der Waals surface area contributed by atoms with Gasteiger partial charge >= 0.3 is 6.03 Å². The number of rotatable bonds is 2. The van der Waals surface area contributed by atoms with Crippen molar-refractivity contribution in [3.63, 3.8) is 0 Å². The third-order valence-electron chi connectivity index (χ3n) is 6.23. The molecule has 0 aromatic heterocycles. The van der Waals surface area contributed by atoms with E-state index in [1.807, 2.05) is 0 Å².